The van der Waals surface area contributed by atoms with Gasteiger partial charge < -0.3 is 9.84 Å². The fourth-order valence-corrected chi connectivity index (χ4v) is 2.91. The van der Waals surface area contributed by atoms with Crippen molar-refractivity contribution in [1.29, 1.82) is 0 Å². The highest BCUT2D eigenvalue weighted by molar-refractivity contribution is 6.32. The number of benzene rings is 1. The van der Waals surface area contributed by atoms with E-state index >= 15 is 0 Å². The van der Waals surface area contributed by atoms with Crippen LogP contribution in [0, 0.1) is 0 Å². The minimum Gasteiger partial charge on any atom is -0.356 e. The highest BCUT2D eigenvalue weighted by Gasteiger charge is 2.32. The van der Waals surface area contributed by atoms with Gasteiger partial charge in [0.05, 0.1) is 11.3 Å². The van der Waals surface area contributed by atoms with Crippen molar-refractivity contribution in [2.45, 2.75) is 44.2 Å². The van der Waals surface area contributed by atoms with E-state index in [1.165, 1.54) is 13.0 Å². The molecular formula is C17H16ClF3N2O2. The highest BCUT2D eigenvalue weighted by atomic mass is 35.5. The van der Waals surface area contributed by atoms with E-state index in [4.69, 9.17) is 16.1 Å². The first-order valence-electron chi connectivity index (χ1n) is 7.90. The summed E-state index contributed by atoms with van der Waals surface area (Å²) in [6.07, 6.45) is -1.16. The number of hydrogen-bond acceptors (Lipinski definition) is 3. The molecule has 3 rings (SSSR count). The largest absolute Gasteiger partial charge is 0.416 e. The molecule has 4 nitrogen and oxygen atoms in total. The van der Waals surface area contributed by atoms with Crippen LogP contribution in [0.25, 0.3) is 11.3 Å². The Kier molecular flexibility index (Phi) is 4.77. The molecule has 1 unspecified atom stereocenters. The molecule has 1 atom stereocenters. The number of fused-ring (bicyclic) bond motifs is 1. The zero-order valence-electron chi connectivity index (χ0n) is 13.4. The molecule has 1 amide bonds. The van der Waals surface area contributed by atoms with Crippen molar-refractivity contribution in [1.82, 2.24) is 5.16 Å². The quantitative estimate of drug-likeness (QED) is 0.787. The van der Waals surface area contributed by atoms with Crippen LogP contribution in [0.5, 0.6) is 0 Å². The Balaban J connectivity index is 2.06. The van der Waals surface area contributed by atoms with Crippen molar-refractivity contribution < 1.29 is 22.5 Å². The third kappa shape index (κ3) is 3.81. The van der Waals surface area contributed by atoms with E-state index in [9.17, 15) is 18.0 Å². The monoisotopic (exact) mass is 372 g/mol. The standard InChI is InChI=1S/C17H16ClF3N2O2/c1-9(18)16(24)22-12-7-10(6-11(8-12)17(19,20)21)15-13-4-2-3-5-14(13)23-25-15/h6-9H,2-5H2,1H3,(H,22,24). The number of aryl methyl sites for hydroxylation is 1. The van der Waals surface area contributed by atoms with Gasteiger partial charge in [-0.05, 0) is 50.8 Å². The molecular weight excluding hydrogens is 357 g/mol. The van der Waals surface area contributed by atoms with E-state index in [0.717, 1.165) is 42.7 Å². The van der Waals surface area contributed by atoms with Crippen molar-refractivity contribution in [3.8, 4) is 11.3 Å². The lowest BCUT2D eigenvalue weighted by molar-refractivity contribution is -0.137. The molecule has 8 heteroatoms. The molecule has 1 heterocycles. The molecule has 0 spiro atoms. The van der Waals surface area contributed by atoms with E-state index in [-0.39, 0.29) is 11.3 Å². The molecule has 25 heavy (non-hydrogen) atoms. The number of nitrogens with one attached hydrogen (secondary N) is 1. The van der Waals surface area contributed by atoms with Crippen LogP contribution >= 0.6 is 11.6 Å². The number of halogens is 4. The SMILES string of the molecule is CC(Cl)C(=O)Nc1cc(-c2onc3c2CCCC3)cc(C(F)(F)F)c1. The van der Waals surface area contributed by atoms with Crippen molar-refractivity contribution in [2.24, 2.45) is 0 Å². The first-order valence-corrected chi connectivity index (χ1v) is 8.34. The van der Waals surface area contributed by atoms with Gasteiger partial charge in [-0.3, -0.25) is 4.79 Å². The lowest BCUT2D eigenvalue weighted by Gasteiger charge is -2.14. The van der Waals surface area contributed by atoms with Crippen LogP contribution < -0.4 is 5.32 Å². The second-order valence-corrected chi connectivity index (χ2v) is 6.70. The summed E-state index contributed by atoms with van der Waals surface area (Å²) >= 11 is 5.68. The molecule has 0 bridgehead atoms. The van der Waals surface area contributed by atoms with Crippen LogP contribution in [0.4, 0.5) is 18.9 Å². The van der Waals surface area contributed by atoms with Crippen LogP contribution in [0.15, 0.2) is 22.7 Å². The maximum Gasteiger partial charge on any atom is 0.416 e. The molecule has 0 fully saturated rings. The number of carbonyl (C=O) groups is 1. The molecule has 1 N–H and O–H groups in total. The summed E-state index contributed by atoms with van der Waals surface area (Å²) in [7, 11) is 0. The van der Waals surface area contributed by atoms with Gasteiger partial charge in [0.25, 0.3) is 0 Å². The fraction of sp³-hybridized carbons (Fsp3) is 0.412. The zero-order valence-corrected chi connectivity index (χ0v) is 14.2. The second kappa shape index (κ2) is 6.71. The molecule has 0 saturated heterocycles. The maximum atomic E-state index is 13.2. The number of nitrogens with zero attached hydrogens (tertiary/aromatic N) is 1. The highest BCUT2D eigenvalue weighted by Crippen LogP contribution is 2.38. The lowest BCUT2D eigenvalue weighted by atomic mass is 9.93. The Morgan fingerprint density at radius 1 is 1.28 bits per heavy atom. The van der Waals surface area contributed by atoms with Gasteiger partial charge in [0.15, 0.2) is 5.76 Å². The predicted molar refractivity (Wildman–Crippen MR) is 87.5 cm³/mol. The van der Waals surface area contributed by atoms with E-state index in [1.807, 2.05) is 0 Å². The Morgan fingerprint density at radius 2 is 2.00 bits per heavy atom. The summed E-state index contributed by atoms with van der Waals surface area (Å²) in [4.78, 5) is 11.7. The van der Waals surface area contributed by atoms with Crippen molar-refractivity contribution in [3.63, 3.8) is 0 Å². The van der Waals surface area contributed by atoms with Gasteiger partial charge in [0.1, 0.15) is 5.38 Å². The Bertz CT molecular complexity index is 800. The third-order valence-corrected chi connectivity index (χ3v) is 4.31. The minimum absolute atomic E-state index is 0.0169. The smallest absolute Gasteiger partial charge is 0.356 e. The molecule has 1 aromatic carbocycles. The van der Waals surface area contributed by atoms with Gasteiger partial charge in [-0.1, -0.05) is 5.16 Å². The normalized spacial score (nSPS) is 15.6. The first kappa shape index (κ1) is 17.8. The fourth-order valence-electron chi connectivity index (χ4n) is 2.85. The van der Waals surface area contributed by atoms with Crippen LogP contribution in [-0.4, -0.2) is 16.4 Å². The van der Waals surface area contributed by atoms with Gasteiger partial charge in [-0.2, -0.15) is 13.2 Å². The van der Waals surface area contributed by atoms with Crippen molar-refractivity contribution in [3.05, 3.63) is 35.0 Å². The van der Waals surface area contributed by atoms with Gasteiger partial charge in [0.2, 0.25) is 5.91 Å². The number of amides is 1. The third-order valence-electron chi connectivity index (χ3n) is 4.11. The van der Waals surface area contributed by atoms with Gasteiger partial charge in [-0.25, -0.2) is 0 Å². The van der Waals surface area contributed by atoms with Crippen LogP contribution in [0.1, 0.15) is 36.6 Å². The Morgan fingerprint density at radius 3 is 2.68 bits per heavy atom. The number of rotatable bonds is 3. The van der Waals surface area contributed by atoms with E-state index in [1.54, 1.807) is 0 Å². The molecule has 0 aliphatic heterocycles. The number of aromatic nitrogens is 1. The molecule has 0 saturated carbocycles. The Hall–Kier alpha value is -2.02. The first-order chi connectivity index (χ1) is 11.8. The summed E-state index contributed by atoms with van der Waals surface area (Å²) in [5.41, 5.74) is 1.02. The van der Waals surface area contributed by atoms with E-state index < -0.39 is 23.0 Å². The number of carbonyl (C=O) groups excluding carboxylic acids is 1. The summed E-state index contributed by atoms with van der Waals surface area (Å²) in [5.74, 6) is -0.248. The second-order valence-electron chi connectivity index (χ2n) is 6.05. The number of hydrogen-bond donors (Lipinski definition) is 1. The van der Waals surface area contributed by atoms with Gasteiger partial charge in [-0.15, -0.1) is 11.6 Å². The maximum absolute atomic E-state index is 13.2. The minimum atomic E-state index is -4.55. The molecule has 2 aromatic rings. The summed E-state index contributed by atoms with van der Waals surface area (Å²) in [5, 5.41) is 5.52. The van der Waals surface area contributed by atoms with Gasteiger partial charge in [0, 0.05) is 16.8 Å². The van der Waals surface area contributed by atoms with Crippen molar-refractivity contribution in [2.75, 3.05) is 5.32 Å². The molecule has 1 aromatic heterocycles. The topological polar surface area (TPSA) is 55.1 Å². The Labute approximate surface area is 147 Å². The summed E-state index contributed by atoms with van der Waals surface area (Å²) in [6.45, 7) is 1.44. The van der Waals surface area contributed by atoms with Crippen LogP contribution in [0.2, 0.25) is 0 Å². The molecule has 1 aliphatic carbocycles. The van der Waals surface area contributed by atoms with E-state index in [0.29, 0.717) is 12.2 Å². The number of alkyl halides is 4. The predicted octanol–water partition coefficient (Wildman–Crippen LogP) is 4.81. The molecule has 1 aliphatic rings. The molecule has 134 valence electrons. The van der Waals surface area contributed by atoms with Crippen molar-refractivity contribution >= 4 is 23.2 Å². The van der Waals surface area contributed by atoms with Crippen LogP contribution in [-0.2, 0) is 23.8 Å². The average molecular weight is 373 g/mol. The lowest BCUT2D eigenvalue weighted by Crippen LogP contribution is -2.20. The number of anilines is 1. The van der Waals surface area contributed by atoms with Crippen LogP contribution in [0.3, 0.4) is 0 Å². The average Bonchev–Trinajstić information content (AvgIpc) is 2.97. The van der Waals surface area contributed by atoms with E-state index in [2.05, 4.69) is 10.5 Å². The zero-order chi connectivity index (χ0) is 18.2. The summed E-state index contributed by atoms with van der Waals surface area (Å²) < 4.78 is 45.0. The molecule has 0 radical (unpaired) electrons. The van der Waals surface area contributed by atoms with Gasteiger partial charge >= 0.3 is 6.18 Å². The summed E-state index contributed by atoms with van der Waals surface area (Å²) in [6, 6.07) is 3.33.